The summed E-state index contributed by atoms with van der Waals surface area (Å²) in [5, 5.41) is 7.96. The number of aromatic nitrogens is 2. The average Bonchev–Trinajstić information content (AvgIpc) is 3.17. The van der Waals surface area contributed by atoms with E-state index in [9.17, 15) is 4.79 Å². The van der Waals surface area contributed by atoms with Crippen molar-refractivity contribution in [2.45, 2.75) is 6.42 Å². The highest BCUT2D eigenvalue weighted by atomic mass is 16.4. The Morgan fingerprint density at radius 2 is 1.54 bits per heavy atom. The second-order valence-electron chi connectivity index (χ2n) is 6.28. The first kappa shape index (κ1) is 16.3. The van der Waals surface area contributed by atoms with Crippen molar-refractivity contribution in [3.63, 3.8) is 0 Å². The molecule has 26 heavy (non-hydrogen) atoms. The zero-order chi connectivity index (χ0) is 17.8. The first-order valence-corrected chi connectivity index (χ1v) is 8.75. The summed E-state index contributed by atoms with van der Waals surface area (Å²) >= 11 is 0. The van der Waals surface area contributed by atoms with Crippen LogP contribution < -0.4 is 4.90 Å². The molecule has 1 amide bonds. The van der Waals surface area contributed by atoms with Gasteiger partial charge >= 0.3 is 11.8 Å². The van der Waals surface area contributed by atoms with Gasteiger partial charge in [0.25, 0.3) is 0 Å². The van der Waals surface area contributed by atoms with Crippen molar-refractivity contribution in [2.24, 2.45) is 0 Å². The molecule has 1 aliphatic rings. The monoisotopic (exact) mass is 348 g/mol. The summed E-state index contributed by atoms with van der Waals surface area (Å²) in [4.78, 5) is 16.7. The number of carbonyl (C=O) groups excluding carboxylic acids is 1. The smallest absolute Gasteiger partial charge is 0.311 e. The number of piperazine rings is 1. The van der Waals surface area contributed by atoms with Crippen LogP contribution in [0.2, 0.25) is 0 Å². The minimum absolute atomic E-state index is 0.0732. The van der Waals surface area contributed by atoms with Crippen LogP contribution in [-0.2, 0) is 6.42 Å². The van der Waals surface area contributed by atoms with Gasteiger partial charge in [0.05, 0.1) is 6.42 Å². The van der Waals surface area contributed by atoms with Gasteiger partial charge in [-0.15, -0.1) is 10.2 Å². The molecule has 0 atom stereocenters. The number of amides is 1. The molecule has 2 heterocycles. The van der Waals surface area contributed by atoms with Crippen molar-refractivity contribution in [3.8, 4) is 0 Å². The van der Waals surface area contributed by atoms with E-state index < -0.39 is 0 Å². The van der Waals surface area contributed by atoms with Crippen molar-refractivity contribution < 1.29 is 9.21 Å². The molecule has 6 heteroatoms. The normalized spacial score (nSPS) is 14.5. The van der Waals surface area contributed by atoms with Gasteiger partial charge in [-0.2, -0.15) is 0 Å². The van der Waals surface area contributed by atoms with E-state index in [0.29, 0.717) is 25.4 Å². The molecule has 6 nitrogen and oxygen atoms in total. The quantitative estimate of drug-likeness (QED) is 0.725. The van der Waals surface area contributed by atoms with Crippen molar-refractivity contribution in [1.82, 2.24) is 15.1 Å². The van der Waals surface area contributed by atoms with Crippen LogP contribution in [0.5, 0.6) is 0 Å². The van der Waals surface area contributed by atoms with Gasteiger partial charge in [0.1, 0.15) is 0 Å². The van der Waals surface area contributed by atoms with Crippen molar-refractivity contribution in [1.29, 1.82) is 0 Å². The van der Waals surface area contributed by atoms with Crippen molar-refractivity contribution in [3.05, 3.63) is 78.0 Å². The van der Waals surface area contributed by atoms with Gasteiger partial charge < -0.3 is 14.2 Å². The predicted molar refractivity (Wildman–Crippen MR) is 98.1 cm³/mol. The number of anilines is 1. The Kier molecular flexibility index (Phi) is 4.64. The highest BCUT2D eigenvalue weighted by molar-refractivity contribution is 5.89. The van der Waals surface area contributed by atoms with Crippen LogP contribution in [0.25, 0.3) is 0 Å². The Hall–Kier alpha value is -3.15. The third kappa shape index (κ3) is 3.59. The molecule has 0 aliphatic carbocycles. The van der Waals surface area contributed by atoms with E-state index in [-0.39, 0.29) is 11.8 Å². The molecular formula is C20H20N4O2. The highest BCUT2D eigenvalue weighted by Crippen LogP contribution is 2.17. The van der Waals surface area contributed by atoms with E-state index >= 15 is 0 Å². The van der Waals surface area contributed by atoms with Gasteiger partial charge in [0, 0.05) is 31.9 Å². The lowest BCUT2D eigenvalue weighted by molar-refractivity contribution is 0.0705. The Bertz CT molecular complexity index is 856. The Balaban J connectivity index is 1.37. The fourth-order valence-electron chi connectivity index (χ4n) is 3.12. The van der Waals surface area contributed by atoms with Crippen LogP contribution in [0.3, 0.4) is 0 Å². The Labute approximate surface area is 152 Å². The van der Waals surface area contributed by atoms with E-state index in [4.69, 9.17) is 4.42 Å². The highest BCUT2D eigenvalue weighted by Gasteiger charge is 2.26. The first-order chi connectivity index (χ1) is 12.8. The van der Waals surface area contributed by atoms with Crippen LogP contribution in [0.4, 0.5) is 5.69 Å². The van der Waals surface area contributed by atoms with E-state index in [1.807, 2.05) is 48.5 Å². The maximum atomic E-state index is 12.6. The van der Waals surface area contributed by atoms with E-state index in [0.717, 1.165) is 18.7 Å². The summed E-state index contributed by atoms with van der Waals surface area (Å²) in [5.41, 5.74) is 2.26. The summed E-state index contributed by atoms with van der Waals surface area (Å²) in [6.45, 7) is 2.87. The number of hydrogen-bond acceptors (Lipinski definition) is 5. The van der Waals surface area contributed by atoms with E-state index in [2.05, 4.69) is 27.2 Å². The number of benzene rings is 2. The van der Waals surface area contributed by atoms with Gasteiger partial charge in [-0.05, 0) is 17.7 Å². The molecule has 0 radical (unpaired) electrons. The summed E-state index contributed by atoms with van der Waals surface area (Å²) in [6, 6.07) is 20.1. The SMILES string of the molecule is O=C(c1nnc(Cc2ccccc2)o1)N1CCN(c2ccccc2)CC1. The van der Waals surface area contributed by atoms with Gasteiger partial charge in [-0.3, -0.25) is 4.79 Å². The molecule has 0 unspecified atom stereocenters. The molecule has 132 valence electrons. The van der Waals surface area contributed by atoms with Crippen LogP contribution in [0, 0.1) is 0 Å². The molecule has 2 aromatic carbocycles. The summed E-state index contributed by atoms with van der Waals surface area (Å²) < 4.78 is 5.59. The van der Waals surface area contributed by atoms with Gasteiger partial charge in [0.2, 0.25) is 5.89 Å². The molecule has 1 saturated heterocycles. The largest absolute Gasteiger partial charge is 0.417 e. The summed E-state index contributed by atoms with van der Waals surface area (Å²) in [6.07, 6.45) is 0.531. The molecule has 4 rings (SSSR count). The maximum Gasteiger partial charge on any atom is 0.311 e. The molecule has 1 aliphatic heterocycles. The third-order valence-electron chi connectivity index (χ3n) is 4.54. The molecule has 0 spiro atoms. The van der Waals surface area contributed by atoms with Gasteiger partial charge in [-0.25, -0.2) is 0 Å². The minimum Gasteiger partial charge on any atom is -0.417 e. The number of para-hydroxylation sites is 1. The standard InChI is InChI=1S/C20H20N4O2/c25-20(19-22-21-18(26-19)15-16-7-3-1-4-8-16)24-13-11-23(12-14-24)17-9-5-2-6-10-17/h1-10H,11-15H2. The summed E-state index contributed by atoms with van der Waals surface area (Å²) in [7, 11) is 0. The van der Waals surface area contributed by atoms with Crippen LogP contribution in [0.1, 0.15) is 22.1 Å². The number of hydrogen-bond donors (Lipinski definition) is 0. The van der Waals surface area contributed by atoms with E-state index in [1.165, 1.54) is 5.69 Å². The average molecular weight is 348 g/mol. The summed E-state index contributed by atoms with van der Waals surface area (Å²) in [5.74, 6) is 0.344. The van der Waals surface area contributed by atoms with Gasteiger partial charge in [0.15, 0.2) is 0 Å². The maximum absolute atomic E-state index is 12.6. The van der Waals surface area contributed by atoms with Crippen LogP contribution in [0.15, 0.2) is 65.1 Å². The molecular weight excluding hydrogens is 328 g/mol. The molecule has 0 N–H and O–H groups in total. The lowest BCUT2D eigenvalue weighted by Gasteiger charge is -2.35. The van der Waals surface area contributed by atoms with Crippen LogP contribution >= 0.6 is 0 Å². The van der Waals surface area contributed by atoms with Crippen molar-refractivity contribution in [2.75, 3.05) is 31.1 Å². The third-order valence-corrected chi connectivity index (χ3v) is 4.54. The Morgan fingerprint density at radius 1 is 0.885 bits per heavy atom. The number of rotatable bonds is 4. The topological polar surface area (TPSA) is 62.5 Å². The molecule has 1 aromatic heterocycles. The predicted octanol–water partition coefficient (Wildman–Crippen LogP) is 2.62. The number of nitrogens with zero attached hydrogens (tertiary/aromatic N) is 4. The second-order valence-corrected chi connectivity index (χ2v) is 6.28. The fraction of sp³-hybridized carbons (Fsp3) is 0.250. The van der Waals surface area contributed by atoms with Gasteiger partial charge in [-0.1, -0.05) is 48.5 Å². The molecule has 1 fully saturated rings. The molecule has 0 bridgehead atoms. The zero-order valence-corrected chi connectivity index (χ0v) is 14.4. The number of carbonyl (C=O) groups is 1. The second kappa shape index (κ2) is 7.39. The van der Waals surface area contributed by atoms with Crippen LogP contribution in [-0.4, -0.2) is 47.2 Å². The first-order valence-electron chi connectivity index (χ1n) is 8.75. The van der Waals surface area contributed by atoms with E-state index in [1.54, 1.807) is 4.90 Å². The molecule has 0 saturated carbocycles. The zero-order valence-electron chi connectivity index (χ0n) is 14.4. The minimum atomic E-state index is -0.190. The van der Waals surface area contributed by atoms with Crippen molar-refractivity contribution >= 4 is 11.6 Å². The lowest BCUT2D eigenvalue weighted by Crippen LogP contribution is -2.48. The lowest BCUT2D eigenvalue weighted by atomic mass is 10.2. The Morgan fingerprint density at radius 3 is 2.23 bits per heavy atom. The fourth-order valence-corrected chi connectivity index (χ4v) is 3.12. The molecule has 3 aromatic rings.